The topological polar surface area (TPSA) is 134 Å². The summed E-state index contributed by atoms with van der Waals surface area (Å²) in [5, 5.41) is 7.44. The minimum Gasteiger partial charge on any atom is -0.386 e. The Morgan fingerprint density at radius 1 is 1.08 bits per heavy atom. The molecule has 1 aliphatic rings. The molecule has 198 valence electrons. The Kier molecular flexibility index (Phi) is 8.20. The van der Waals surface area contributed by atoms with E-state index in [1.54, 1.807) is 50.2 Å². The summed E-state index contributed by atoms with van der Waals surface area (Å²) in [6.07, 6.45) is -6.07. The number of ether oxygens (including phenoxy) is 1. The first-order chi connectivity index (χ1) is 17.8. The zero-order valence-electron chi connectivity index (χ0n) is 20.4. The number of alkyl halides is 3. The van der Waals surface area contributed by atoms with Crippen LogP contribution in [0.1, 0.15) is 47.3 Å². The standard InChI is InChI=1S/C26H23F3N4O5/c1-15(2)33-20-10-7-17(4-3-16-5-8-18(9-6-16)23(30)31)13-19(20)24(36)32(14-21(33)34)12-11-22(35)38-25(37)26(27,28)29/h5-10,13,15H,11-12,14H2,1-2H3,(H3,30,31). The van der Waals surface area contributed by atoms with E-state index in [9.17, 15) is 32.3 Å². The quantitative estimate of drug-likeness (QED) is 0.202. The van der Waals surface area contributed by atoms with Crippen molar-refractivity contribution in [1.29, 1.82) is 5.41 Å². The molecule has 38 heavy (non-hydrogen) atoms. The van der Waals surface area contributed by atoms with Crippen molar-refractivity contribution >= 4 is 35.3 Å². The Labute approximate surface area is 215 Å². The van der Waals surface area contributed by atoms with Crippen LogP contribution in [0.2, 0.25) is 0 Å². The monoisotopic (exact) mass is 528 g/mol. The summed E-state index contributed by atoms with van der Waals surface area (Å²) >= 11 is 0. The molecule has 3 rings (SSSR count). The van der Waals surface area contributed by atoms with Crippen molar-refractivity contribution in [2.45, 2.75) is 32.5 Å². The van der Waals surface area contributed by atoms with Crippen LogP contribution in [0.3, 0.4) is 0 Å². The molecule has 1 aliphatic heterocycles. The van der Waals surface area contributed by atoms with Crippen molar-refractivity contribution in [1.82, 2.24) is 4.90 Å². The van der Waals surface area contributed by atoms with Gasteiger partial charge < -0.3 is 20.3 Å². The van der Waals surface area contributed by atoms with E-state index in [1.807, 2.05) is 0 Å². The van der Waals surface area contributed by atoms with Gasteiger partial charge in [0.15, 0.2) is 0 Å². The van der Waals surface area contributed by atoms with Crippen molar-refractivity contribution < 1.29 is 37.1 Å². The van der Waals surface area contributed by atoms with Gasteiger partial charge >= 0.3 is 18.1 Å². The second-order valence-electron chi connectivity index (χ2n) is 8.57. The van der Waals surface area contributed by atoms with Crippen LogP contribution in [0, 0.1) is 17.3 Å². The highest BCUT2D eigenvalue weighted by atomic mass is 19.4. The van der Waals surface area contributed by atoms with E-state index in [4.69, 9.17) is 11.1 Å². The summed E-state index contributed by atoms with van der Waals surface area (Å²) in [5.41, 5.74) is 7.50. The number of carbonyl (C=O) groups is 4. The molecular formula is C26H23F3N4O5. The second kappa shape index (κ2) is 11.2. The maximum absolute atomic E-state index is 13.3. The predicted molar refractivity (Wildman–Crippen MR) is 130 cm³/mol. The highest BCUT2D eigenvalue weighted by molar-refractivity contribution is 6.10. The van der Waals surface area contributed by atoms with Gasteiger partial charge in [-0.1, -0.05) is 24.0 Å². The minimum atomic E-state index is -5.34. The van der Waals surface area contributed by atoms with Gasteiger partial charge in [-0.25, -0.2) is 4.79 Å². The number of nitrogens with one attached hydrogen (secondary N) is 1. The van der Waals surface area contributed by atoms with Gasteiger partial charge in [0.25, 0.3) is 5.91 Å². The number of benzene rings is 2. The molecule has 0 aliphatic carbocycles. The van der Waals surface area contributed by atoms with E-state index < -0.39 is 49.4 Å². The number of hydrogen-bond acceptors (Lipinski definition) is 6. The zero-order valence-corrected chi connectivity index (χ0v) is 20.4. The number of anilines is 1. The van der Waals surface area contributed by atoms with Gasteiger partial charge in [0.05, 0.1) is 17.7 Å². The Morgan fingerprint density at radius 2 is 1.68 bits per heavy atom. The number of fused-ring (bicyclic) bond motifs is 1. The fourth-order valence-electron chi connectivity index (χ4n) is 3.67. The number of amidine groups is 1. The SMILES string of the molecule is CC(C)N1C(=O)CN(CCC(=O)OC(=O)C(F)(F)F)C(=O)c2cc(C#Cc3ccc(C(=N)N)cc3)ccc21. The smallest absolute Gasteiger partial charge is 0.386 e. The lowest BCUT2D eigenvalue weighted by atomic mass is 10.1. The molecule has 0 bridgehead atoms. The normalized spacial score (nSPS) is 13.4. The number of hydrogen-bond donors (Lipinski definition) is 2. The minimum absolute atomic E-state index is 0.0807. The summed E-state index contributed by atoms with van der Waals surface area (Å²) in [7, 11) is 0. The largest absolute Gasteiger partial charge is 0.491 e. The van der Waals surface area contributed by atoms with Crippen molar-refractivity contribution in [3.63, 3.8) is 0 Å². The van der Waals surface area contributed by atoms with Crippen LogP contribution in [0.5, 0.6) is 0 Å². The van der Waals surface area contributed by atoms with Crippen LogP contribution >= 0.6 is 0 Å². The van der Waals surface area contributed by atoms with E-state index >= 15 is 0 Å². The Balaban J connectivity index is 1.88. The van der Waals surface area contributed by atoms with Crippen LogP contribution in [-0.2, 0) is 19.1 Å². The molecule has 0 spiro atoms. The highest BCUT2D eigenvalue weighted by Crippen LogP contribution is 2.29. The molecule has 2 aromatic rings. The average molecular weight is 528 g/mol. The second-order valence-corrected chi connectivity index (χ2v) is 8.57. The molecule has 2 aromatic carbocycles. The fourth-order valence-corrected chi connectivity index (χ4v) is 3.67. The van der Waals surface area contributed by atoms with Crippen molar-refractivity contribution in [2.75, 3.05) is 18.0 Å². The molecule has 0 saturated heterocycles. The number of halogens is 3. The van der Waals surface area contributed by atoms with Gasteiger partial charge in [-0.05, 0) is 44.2 Å². The molecule has 2 amide bonds. The van der Waals surface area contributed by atoms with Gasteiger partial charge in [0.2, 0.25) is 5.91 Å². The van der Waals surface area contributed by atoms with Gasteiger partial charge in [0, 0.05) is 29.3 Å². The van der Waals surface area contributed by atoms with Gasteiger partial charge in [-0.2, -0.15) is 13.2 Å². The molecule has 0 saturated carbocycles. The molecule has 0 atom stereocenters. The molecule has 0 aromatic heterocycles. The van der Waals surface area contributed by atoms with Crippen LogP contribution in [-0.4, -0.2) is 59.8 Å². The Bertz CT molecular complexity index is 1360. The first kappa shape index (κ1) is 27.9. The average Bonchev–Trinajstić information content (AvgIpc) is 2.94. The number of esters is 2. The summed E-state index contributed by atoms with van der Waals surface area (Å²) in [5.74, 6) is 0.551. The molecule has 9 nitrogen and oxygen atoms in total. The number of nitrogens with two attached hydrogens (primary N) is 1. The van der Waals surface area contributed by atoms with Crippen molar-refractivity contribution in [2.24, 2.45) is 5.73 Å². The first-order valence-electron chi connectivity index (χ1n) is 11.3. The Morgan fingerprint density at radius 3 is 2.26 bits per heavy atom. The maximum atomic E-state index is 13.3. The lowest BCUT2D eigenvalue weighted by Gasteiger charge is -2.26. The van der Waals surface area contributed by atoms with E-state index in [2.05, 4.69) is 16.6 Å². The Hall–Kier alpha value is -4.66. The summed E-state index contributed by atoms with van der Waals surface area (Å²) < 4.78 is 40.8. The third-order valence-corrected chi connectivity index (χ3v) is 5.46. The molecule has 0 fully saturated rings. The lowest BCUT2D eigenvalue weighted by Crippen LogP contribution is -2.43. The summed E-state index contributed by atoms with van der Waals surface area (Å²) in [6.45, 7) is 2.62. The summed E-state index contributed by atoms with van der Waals surface area (Å²) in [6, 6.07) is 11.0. The molecular weight excluding hydrogens is 505 g/mol. The van der Waals surface area contributed by atoms with Crippen molar-refractivity contribution in [3.05, 3.63) is 64.7 Å². The van der Waals surface area contributed by atoms with Gasteiger partial charge in [-0.3, -0.25) is 19.8 Å². The van der Waals surface area contributed by atoms with E-state index in [0.29, 0.717) is 22.4 Å². The van der Waals surface area contributed by atoms with Crippen LogP contribution in [0.4, 0.5) is 18.9 Å². The number of nitrogens with zero attached hydrogens (tertiary/aromatic N) is 2. The fraction of sp³-hybridized carbons (Fsp3) is 0.269. The number of rotatable bonds is 5. The molecule has 12 heteroatoms. The highest BCUT2D eigenvalue weighted by Gasteiger charge is 2.42. The van der Waals surface area contributed by atoms with E-state index in [-0.39, 0.29) is 17.4 Å². The van der Waals surface area contributed by atoms with Crippen LogP contribution < -0.4 is 10.6 Å². The zero-order chi connectivity index (χ0) is 28.2. The lowest BCUT2D eigenvalue weighted by molar-refractivity contribution is -0.201. The predicted octanol–water partition coefficient (Wildman–Crippen LogP) is 2.59. The van der Waals surface area contributed by atoms with Crippen LogP contribution in [0.25, 0.3) is 0 Å². The van der Waals surface area contributed by atoms with Crippen LogP contribution in [0.15, 0.2) is 42.5 Å². The third-order valence-electron chi connectivity index (χ3n) is 5.46. The molecule has 3 N–H and O–H groups in total. The van der Waals surface area contributed by atoms with E-state index in [1.165, 1.54) is 11.0 Å². The number of amides is 2. The molecule has 0 unspecified atom stereocenters. The maximum Gasteiger partial charge on any atom is 0.491 e. The van der Waals surface area contributed by atoms with Gasteiger partial charge in [0.1, 0.15) is 12.4 Å². The first-order valence-corrected chi connectivity index (χ1v) is 11.3. The number of carbonyl (C=O) groups excluding carboxylic acids is 4. The summed E-state index contributed by atoms with van der Waals surface area (Å²) in [4.78, 5) is 51.4. The third kappa shape index (κ3) is 6.56. The molecule has 1 heterocycles. The number of nitrogen functional groups attached to an aromatic ring is 1. The molecule has 0 radical (unpaired) electrons. The van der Waals surface area contributed by atoms with Gasteiger partial charge in [-0.15, -0.1) is 0 Å². The van der Waals surface area contributed by atoms with E-state index in [0.717, 1.165) is 4.90 Å². The van der Waals surface area contributed by atoms with Crippen molar-refractivity contribution in [3.8, 4) is 11.8 Å².